The molecule has 5 heterocycles. The van der Waals surface area contributed by atoms with Crippen molar-refractivity contribution in [3.63, 3.8) is 0 Å². The molecule has 0 radical (unpaired) electrons. The molecule has 3 aliphatic heterocycles. The first-order valence-corrected chi connectivity index (χ1v) is 13.8. The number of fused-ring (bicyclic) bond motifs is 13. The van der Waals surface area contributed by atoms with Gasteiger partial charge in [0.15, 0.2) is 5.72 Å². The number of para-hydroxylation sites is 2. The van der Waals surface area contributed by atoms with Crippen LogP contribution in [0.2, 0.25) is 0 Å². The lowest BCUT2D eigenvalue weighted by Crippen LogP contribution is -2.60. The van der Waals surface area contributed by atoms with Gasteiger partial charge < -0.3 is 28.7 Å². The van der Waals surface area contributed by atoms with Crippen molar-refractivity contribution in [2.24, 2.45) is 0 Å². The second-order valence-electron chi connectivity index (χ2n) is 11.2. The van der Waals surface area contributed by atoms with E-state index in [0.29, 0.717) is 13.0 Å². The van der Waals surface area contributed by atoms with Crippen molar-refractivity contribution in [3.8, 4) is 0 Å². The average Bonchev–Trinajstić information content (AvgIpc) is 3.60. The van der Waals surface area contributed by atoms with Crippen LogP contribution in [0.4, 0.5) is 0 Å². The van der Waals surface area contributed by atoms with Gasteiger partial charge in [0, 0.05) is 55.6 Å². The number of likely N-dealkylation sites (N-methyl/N-ethyl adjacent to an activating group) is 1. The van der Waals surface area contributed by atoms with E-state index in [1.54, 1.807) is 12.2 Å². The van der Waals surface area contributed by atoms with E-state index < -0.39 is 24.0 Å². The van der Waals surface area contributed by atoms with Gasteiger partial charge in [-0.05, 0) is 24.6 Å². The van der Waals surface area contributed by atoms with Gasteiger partial charge in [-0.25, -0.2) is 0 Å². The van der Waals surface area contributed by atoms with Crippen molar-refractivity contribution in [2.75, 3.05) is 21.0 Å². The zero-order valence-electron chi connectivity index (χ0n) is 23.3. The Morgan fingerprint density at radius 2 is 1.80 bits per heavy atom. The van der Waals surface area contributed by atoms with Crippen molar-refractivity contribution >= 4 is 55.5 Å². The van der Waals surface area contributed by atoms with E-state index in [-0.39, 0.29) is 18.7 Å². The minimum absolute atomic E-state index is 0.0489. The maximum absolute atomic E-state index is 13.5. The molecule has 0 unspecified atom stereocenters. The first-order chi connectivity index (χ1) is 19.8. The Bertz CT molecular complexity index is 1940. The van der Waals surface area contributed by atoms with Crippen molar-refractivity contribution in [3.05, 3.63) is 59.7 Å². The maximum Gasteiger partial charge on any atom is 0.304 e. The predicted molar refractivity (Wildman–Crippen MR) is 152 cm³/mol. The lowest BCUT2D eigenvalue weighted by atomic mass is 9.92. The molecule has 0 saturated carbocycles. The molecule has 3 aromatic carbocycles. The summed E-state index contributed by atoms with van der Waals surface area (Å²) in [5.74, 6) is -0.462. The Balaban J connectivity index is 1.50. The van der Waals surface area contributed by atoms with E-state index in [2.05, 4.69) is 45.6 Å². The van der Waals surface area contributed by atoms with Crippen LogP contribution >= 0.6 is 0 Å². The number of hydrogen-bond donors (Lipinski definition) is 1. The number of rotatable bonds is 5. The molecule has 210 valence electrons. The van der Waals surface area contributed by atoms with Crippen molar-refractivity contribution in [2.45, 2.75) is 50.9 Å². The molecule has 2 bridgehead atoms. The monoisotopic (exact) mass is 554 g/mol. The highest BCUT2D eigenvalue weighted by molar-refractivity contribution is 6.31. The quantitative estimate of drug-likeness (QED) is 0.194. The molecule has 41 heavy (non-hydrogen) atoms. The summed E-state index contributed by atoms with van der Waals surface area (Å²) < 4.78 is 23.0. The van der Waals surface area contributed by atoms with Gasteiger partial charge in [-0.3, -0.25) is 14.4 Å². The number of ether oxygens (including phenoxy) is 3. The molecule has 1 saturated heterocycles. The number of methoxy groups -OCH3 is 1. The van der Waals surface area contributed by atoms with Crippen molar-refractivity contribution in [1.82, 2.24) is 19.5 Å². The summed E-state index contributed by atoms with van der Waals surface area (Å²) in [6, 6.07) is 16.3. The minimum atomic E-state index is -0.958. The smallest absolute Gasteiger partial charge is 0.304 e. The van der Waals surface area contributed by atoms with Gasteiger partial charge in [-0.2, -0.15) is 5.06 Å². The molecule has 1 N–H and O–H groups in total. The number of carbonyl (C=O) groups is 2. The van der Waals surface area contributed by atoms with Crippen LogP contribution in [0.1, 0.15) is 42.4 Å². The summed E-state index contributed by atoms with van der Waals surface area (Å²) >= 11 is 0. The van der Waals surface area contributed by atoms with Gasteiger partial charge >= 0.3 is 5.97 Å². The van der Waals surface area contributed by atoms with Crippen LogP contribution in [0, 0.1) is 0 Å². The number of esters is 1. The number of carbonyl (C=O) groups excluding carboxylic acids is 2. The lowest BCUT2D eigenvalue weighted by Gasteiger charge is -2.50. The fourth-order valence-corrected chi connectivity index (χ4v) is 7.66. The first kappa shape index (κ1) is 24.8. The van der Waals surface area contributed by atoms with Gasteiger partial charge in [0.05, 0.1) is 33.7 Å². The molecule has 10 heteroatoms. The fourth-order valence-electron chi connectivity index (χ4n) is 7.66. The molecule has 0 aliphatic carbocycles. The van der Waals surface area contributed by atoms with E-state index >= 15 is 0 Å². The van der Waals surface area contributed by atoms with Crippen LogP contribution < -0.4 is 5.32 Å². The maximum atomic E-state index is 13.5. The highest BCUT2D eigenvalue weighted by atomic mass is 16.8. The van der Waals surface area contributed by atoms with Crippen molar-refractivity contribution < 1.29 is 28.6 Å². The van der Waals surface area contributed by atoms with E-state index in [1.807, 2.05) is 31.3 Å². The third-order valence-corrected chi connectivity index (χ3v) is 9.18. The van der Waals surface area contributed by atoms with Crippen LogP contribution in [0.15, 0.2) is 48.5 Å². The summed E-state index contributed by atoms with van der Waals surface area (Å²) in [5.41, 5.74) is 4.82. The number of aromatic nitrogens is 2. The zero-order chi connectivity index (χ0) is 28.2. The Kier molecular flexibility index (Phi) is 5.16. The Morgan fingerprint density at radius 3 is 2.54 bits per heavy atom. The van der Waals surface area contributed by atoms with E-state index in [9.17, 15) is 9.59 Å². The summed E-state index contributed by atoms with van der Waals surface area (Å²) in [6.07, 6.45) is -0.326. The van der Waals surface area contributed by atoms with Gasteiger partial charge in [0.2, 0.25) is 6.79 Å². The topological polar surface area (TPSA) is 96.2 Å². The normalized spacial score (nSPS) is 25.0. The minimum Gasteiger partial charge on any atom is -0.437 e. The molecule has 5 aromatic rings. The standard InChI is InChI=1S/C31H30N4O6/c1-16(36)39-15-40-33(3)22-13-23-34-20-11-7-5-9-17(20)25-26-19(14-32-30(26)37)24-18-10-6-8-12-21(18)35(28(24)27(25)34)31(2,41-23)29(22)38-4/h5-12,22-23,29H,13-15H2,1-4H3,(H,32,37)/t22-,23-,29-,31+/m1/s1. The summed E-state index contributed by atoms with van der Waals surface area (Å²) in [6.45, 7) is 3.70. The Labute approximate surface area is 235 Å². The van der Waals surface area contributed by atoms with Gasteiger partial charge in [-0.1, -0.05) is 36.4 Å². The van der Waals surface area contributed by atoms with E-state index in [1.165, 1.54) is 6.92 Å². The SMILES string of the molecule is CO[C@@H]1[C@H](N(C)OCOC(C)=O)C[C@H]2O[C@]1(C)n1c3ccccc3c3c4c(c5c6ccccc6n2c5c31)C(=O)NC4. The van der Waals surface area contributed by atoms with Gasteiger partial charge in [-0.15, -0.1) is 0 Å². The molecular formula is C31H30N4O6. The molecule has 8 rings (SSSR count). The molecule has 1 amide bonds. The van der Waals surface area contributed by atoms with Crippen LogP contribution in [0.5, 0.6) is 0 Å². The molecular weight excluding hydrogens is 524 g/mol. The Hall–Kier alpha value is -3.96. The highest BCUT2D eigenvalue weighted by Crippen LogP contribution is 2.54. The molecule has 1 fully saturated rings. The molecule has 4 atom stereocenters. The summed E-state index contributed by atoms with van der Waals surface area (Å²) in [7, 11) is 3.52. The van der Waals surface area contributed by atoms with Gasteiger partial charge in [0.1, 0.15) is 12.3 Å². The second-order valence-corrected chi connectivity index (χ2v) is 11.2. The van der Waals surface area contributed by atoms with E-state index in [0.717, 1.165) is 54.7 Å². The highest BCUT2D eigenvalue weighted by Gasteiger charge is 2.54. The average molecular weight is 555 g/mol. The van der Waals surface area contributed by atoms with Crippen LogP contribution in [-0.4, -0.2) is 59.2 Å². The number of hydroxylamine groups is 2. The number of nitrogens with one attached hydrogen (secondary N) is 1. The largest absolute Gasteiger partial charge is 0.437 e. The summed E-state index contributed by atoms with van der Waals surface area (Å²) in [5, 5.41) is 8.93. The number of benzene rings is 3. The number of hydrogen-bond acceptors (Lipinski definition) is 7. The van der Waals surface area contributed by atoms with Crippen LogP contribution in [-0.2, 0) is 36.1 Å². The first-order valence-electron chi connectivity index (χ1n) is 13.8. The zero-order valence-corrected chi connectivity index (χ0v) is 23.3. The second kappa shape index (κ2) is 8.53. The summed E-state index contributed by atoms with van der Waals surface area (Å²) in [4.78, 5) is 30.8. The fraction of sp³-hybridized carbons (Fsp3) is 0.355. The van der Waals surface area contributed by atoms with Crippen LogP contribution in [0.3, 0.4) is 0 Å². The van der Waals surface area contributed by atoms with Gasteiger partial charge in [0.25, 0.3) is 5.91 Å². The van der Waals surface area contributed by atoms with Crippen molar-refractivity contribution in [1.29, 1.82) is 0 Å². The third-order valence-electron chi connectivity index (χ3n) is 9.18. The number of amides is 1. The molecule has 0 spiro atoms. The Morgan fingerprint density at radius 1 is 1.10 bits per heavy atom. The molecule has 3 aliphatic rings. The molecule has 2 aromatic heterocycles. The third kappa shape index (κ3) is 3.10. The molecule has 10 nitrogen and oxygen atoms in total. The lowest BCUT2D eigenvalue weighted by molar-refractivity contribution is -0.313. The van der Waals surface area contributed by atoms with Crippen LogP contribution in [0.25, 0.3) is 43.6 Å². The van der Waals surface area contributed by atoms with E-state index in [4.69, 9.17) is 19.0 Å². The number of nitrogens with zero attached hydrogens (tertiary/aromatic N) is 3. The predicted octanol–water partition coefficient (Wildman–Crippen LogP) is 4.52.